The minimum atomic E-state index is -4.40. The number of amides is 1. The highest BCUT2D eigenvalue weighted by Gasteiger charge is 2.30. The fourth-order valence-electron chi connectivity index (χ4n) is 3.17. The summed E-state index contributed by atoms with van der Waals surface area (Å²) in [5.41, 5.74) is 0.380. The van der Waals surface area contributed by atoms with Crippen molar-refractivity contribution in [2.45, 2.75) is 30.0 Å². The molecule has 0 saturated carbocycles. The first-order valence-electron chi connectivity index (χ1n) is 9.26. The molecule has 0 aromatic heterocycles. The molecule has 2 aromatic carbocycles. The topological polar surface area (TPSA) is 99.1 Å². The molecule has 2 aromatic rings. The van der Waals surface area contributed by atoms with Gasteiger partial charge in [-0.25, -0.2) is 14.6 Å². The molecule has 1 amide bonds. The van der Waals surface area contributed by atoms with Crippen LogP contribution in [0, 0.1) is 0 Å². The van der Waals surface area contributed by atoms with E-state index in [-0.39, 0.29) is 17.2 Å². The third-order valence-corrected chi connectivity index (χ3v) is 5.86. The molecule has 31 heavy (non-hydrogen) atoms. The van der Waals surface area contributed by atoms with Crippen LogP contribution >= 0.6 is 11.9 Å². The second-order valence-electron chi connectivity index (χ2n) is 6.78. The number of hydroxylamine groups is 1. The van der Waals surface area contributed by atoms with Crippen molar-refractivity contribution in [1.29, 1.82) is 0 Å². The summed E-state index contributed by atoms with van der Waals surface area (Å²) in [6, 6.07) is 8.92. The Bertz CT molecular complexity index is 945. The first-order valence-corrected chi connectivity index (χ1v) is 10.0. The van der Waals surface area contributed by atoms with Crippen molar-refractivity contribution in [3.63, 3.8) is 0 Å². The van der Waals surface area contributed by atoms with E-state index < -0.39 is 23.6 Å². The number of hydrogen-bond acceptors (Lipinski definition) is 6. The lowest BCUT2D eigenvalue weighted by molar-refractivity contribution is -0.137. The number of aromatic carboxylic acids is 1. The number of rotatable bonds is 6. The lowest BCUT2D eigenvalue weighted by Gasteiger charge is -2.31. The molecule has 0 spiro atoms. The third-order valence-electron chi connectivity index (χ3n) is 4.70. The van der Waals surface area contributed by atoms with Crippen molar-refractivity contribution in [1.82, 2.24) is 9.79 Å². The molecule has 0 unspecified atom stereocenters. The van der Waals surface area contributed by atoms with Gasteiger partial charge >= 0.3 is 12.1 Å². The van der Waals surface area contributed by atoms with Gasteiger partial charge in [0.25, 0.3) is 5.91 Å². The van der Waals surface area contributed by atoms with Crippen LogP contribution in [0.2, 0.25) is 0 Å². The Kier molecular flexibility index (Phi) is 7.08. The highest BCUT2D eigenvalue weighted by molar-refractivity contribution is 7.97. The molecule has 3 N–H and O–H groups in total. The summed E-state index contributed by atoms with van der Waals surface area (Å²) in [6.45, 7) is 1.10. The molecule has 1 aliphatic heterocycles. The van der Waals surface area contributed by atoms with Gasteiger partial charge in [-0.1, -0.05) is 6.07 Å². The van der Waals surface area contributed by atoms with Crippen molar-refractivity contribution in [2.75, 3.05) is 13.1 Å². The van der Waals surface area contributed by atoms with E-state index >= 15 is 0 Å². The molecule has 1 saturated heterocycles. The van der Waals surface area contributed by atoms with E-state index in [0.29, 0.717) is 36.6 Å². The van der Waals surface area contributed by atoms with Gasteiger partial charge in [0.05, 0.1) is 16.7 Å². The zero-order valence-electron chi connectivity index (χ0n) is 16.1. The molecular weight excluding hydrogens is 437 g/mol. The highest BCUT2D eigenvalue weighted by Crippen LogP contribution is 2.33. The first-order chi connectivity index (χ1) is 14.7. The van der Waals surface area contributed by atoms with Crippen LogP contribution in [0.4, 0.5) is 13.2 Å². The predicted molar refractivity (Wildman–Crippen MR) is 105 cm³/mol. The summed E-state index contributed by atoms with van der Waals surface area (Å²) in [6.07, 6.45) is -3.40. The summed E-state index contributed by atoms with van der Waals surface area (Å²) >= 11 is 1.20. The van der Waals surface area contributed by atoms with Crippen LogP contribution in [-0.2, 0) is 6.18 Å². The highest BCUT2D eigenvalue weighted by atomic mass is 32.2. The molecule has 1 heterocycles. The van der Waals surface area contributed by atoms with Gasteiger partial charge in [-0.15, -0.1) is 0 Å². The zero-order chi connectivity index (χ0) is 22.6. The molecule has 166 valence electrons. The number of nitrogens with zero attached hydrogens (tertiary/aromatic N) is 1. The van der Waals surface area contributed by atoms with Crippen LogP contribution in [0.15, 0.2) is 47.4 Å². The van der Waals surface area contributed by atoms with Crippen LogP contribution in [0.3, 0.4) is 0 Å². The second kappa shape index (κ2) is 9.58. The monoisotopic (exact) mass is 456 g/mol. The summed E-state index contributed by atoms with van der Waals surface area (Å²) in [7, 11) is 0. The van der Waals surface area contributed by atoms with E-state index in [4.69, 9.17) is 9.94 Å². The fourth-order valence-corrected chi connectivity index (χ4v) is 4.28. The summed E-state index contributed by atoms with van der Waals surface area (Å²) in [5.74, 6) is -1.85. The number of alkyl halides is 3. The number of carboxylic acids is 1. The summed E-state index contributed by atoms with van der Waals surface area (Å²) in [5, 5.41) is 18.3. The number of benzene rings is 2. The number of piperidine rings is 1. The Labute approximate surface area is 179 Å². The van der Waals surface area contributed by atoms with Gasteiger partial charge in [-0.2, -0.15) is 13.2 Å². The first kappa shape index (κ1) is 22.9. The molecule has 0 bridgehead atoms. The average molecular weight is 456 g/mol. The van der Waals surface area contributed by atoms with Crippen LogP contribution in [-0.4, -0.2) is 45.7 Å². The van der Waals surface area contributed by atoms with Gasteiger partial charge in [-0.3, -0.25) is 10.0 Å². The summed E-state index contributed by atoms with van der Waals surface area (Å²) in [4.78, 5) is 23.8. The number of ether oxygens (including phenoxy) is 1. The molecule has 11 heteroatoms. The molecule has 0 atom stereocenters. The van der Waals surface area contributed by atoms with Gasteiger partial charge < -0.3 is 9.84 Å². The molecule has 1 aliphatic rings. The third kappa shape index (κ3) is 5.69. The molecule has 0 aliphatic carbocycles. The van der Waals surface area contributed by atoms with E-state index in [1.807, 2.05) is 4.31 Å². The Balaban J connectivity index is 1.61. The molecular formula is C20H19F3N2O5S. The molecule has 0 radical (unpaired) electrons. The Morgan fingerprint density at radius 3 is 2.29 bits per heavy atom. The number of carbonyl (C=O) groups excluding carboxylic acids is 1. The number of halogens is 3. The number of carboxylic acid groups (broad SMARTS) is 1. The Hall–Kier alpha value is -2.76. The second-order valence-corrected chi connectivity index (χ2v) is 7.92. The number of nitrogens with one attached hydrogen (secondary N) is 1. The fraction of sp³-hybridized carbons (Fsp3) is 0.300. The van der Waals surface area contributed by atoms with Gasteiger partial charge in [0.1, 0.15) is 11.9 Å². The average Bonchev–Trinajstić information content (AvgIpc) is 2.74. The van der Waals surface area contributed by atoms with Crippen LogP contribution in [0.5, 0.6) is 5.75 Å². The Morgan fingerprint density at radius 1 is 1.10 bits per heavy atom. The molecule has 1 fully saturated rings. The van der Waals surface area contributed by atoms with E-state index in [1.165, 1.54) is 41.7 Å². The largest absolute Gasteiger partial charge is 0.490 e. The number of hydrogen-bond donors (Lipinski definition) is 3. The smallest absolute Gasteiger partial charge is 0.416 e. The Morgan fingerprint density at radius 2 is 1.74 bits per heavy atom. The lowest BCUT2D eigenvalue weighted by Crippen LogP contribution is -2.34. The van der Waals surface area contributed by atoms with Crippen LogP contribution in [0.1, 0.15) is 39.1 Å². The number of carbonyl (C=O) groups is 2. The van der Waals surface area contributed by atoms with Crippen LogP contribution < -0.4 is 10.2 Å². The standard InChI is InChI=1S/C20H19F3N2O5S/c21-20(22,23)12-4-6-13(7-5-12)30-14-8-10-25(11-9-14)31-16-3-1-2-15(19(27)28)17(16)18(26)24-29/h1-7,14,29H,8-11H2,(H,24,26)(H,27,28). The lowest BCUT2D eigenvalue weighted by atomic mass is 10.1. The van der Waals surface area contributed by atoms with Crippen molar-refractivity contribution >= 4 is 23.8 Å². The van der Waals surface area contributed by atoms with Gasteiger partial charge in [0.2, 0.25) is 0 Å². The maximum Gasteiger partial charge on any atom is 0.416 e. The maximum absolute atomic E-state index is 12.7. The normalized spacial score (nSPS) is 15.5. The van der Waals surface area contributed by atoms with E-state index in [0.717, 1.165) is 12.1 Å². The van der Waals surface area contributed by atoms with Crippen molar-refractivity contribution in [2.24, 2.45) is 0 Å². The van der Waals surface area contributed by atoms with Gasteiger partial charge in [-0.05, 0) is 61.2 Å². The SMILES string of the molecule is O=C(O)c1cccc(SN2CCC(Oc3ccc(C(F)(F)F)cc3)CC2)c1C(=O)NO. The van der Waals surface area contributed by atoms with Crippen molar-refractivity contribution < 1.29 is 37.8 Å². The van der Waals surface area contributed by atoms with E-state index in [2.05, 4.69) is 0 Å². The predicted octanol–water partition coefficient (Wildman–Crippen LogP) is 4.07. The quantitative estimate of drug-likeness (QED) is 0.342. The molecule has 3 rings (SSSR count). The van der Waals surface area contributed by atoms with E-state index in [9.17, 15) is 27.9 Å². The van der Waals surface area contributed by atoms with Crippen molar-refractivity contribution in [3.05, 3.63) is 59.2 Å². The minimum Gasteiger partial charge on any atom is -0.490 e. The van der Waals surface area contributed by atoms with Gasteiger partial charge in [0, 0.05) is 18.0 Å². The van der Waals surface area contributed by atoms with Gasteiger partial charge in [0.15, 0.2) is 0 Å². The minimum absolute atomic E-state index is 0.134. The van der Waals surface area contributed by atoms with Crippen LogP contribution in [0.25, 0.3) is 0 Å². The van der Waals surface area contributed by atoms with E-state index in [1.54, 1.807) is 6.07 Å². The zero-order valence-corrected chi connectivity index (χ0v) is 16.9. The summed E-state index contributed by atoms with van der Waals surface area (Å²) < 4.78 is 45.7. The molecule has 7 nitrogen and oxygen atoms in total. The van der Waals surface area contributed by atoms with Crippen molar-refractivity contribution in [3.8, 4) is 5.75 Å². The maximum atomic E-state index is 12.7.